The molecule has 6 nitrogen and oxygen atoms in total. The first kappa shape index (κ1) is 24.2. The van der Waals surface area contributed by atoms with Crippen LogP contribution < -0.4 is 0 Å². The molecular weight excluding hydrogens is 423 g/mol. The molecule has 0 aliphatic carbocycles. The van der Waals surface area contributed by atoms with E-state index in [-0.39, 0.29) is 43.8 Å². The SMILES string of the molecule is COCCN(CC(=O)N(Cc1ccc(F)cc1)Cc1ccc(C)o1)C(=O)c1ccc(C)cc1. The zero-order chi connectivity index (χ0) is 23.8. The molecule has 7 heteroatoms. The van der Waals surface area contributed by atoms with Crippen molar-refractivity contribution in [3.63, 3.8) is 0 Å². The fourth-order valence-corrected chi connectivity index (χ4v) is 3.40. The third-order valence-corrected chi connectivity index (χ3v) is 5.26. The van der Waals surface area contributed by atoms with Crippen LogP contribution in [0.3, 0.4) is 0 Å². The highest BCUT2D eigenvalue weighted by atomic mass is 19.1. The number of furan rings is 1. The van der Waals surface area contributed by atoms with Gasteiger partial charge in [0, 0.05) is 25.8 Å². The largest absolute Gasteiger partial charge is 0.464 e. The summed E-state index contributed by atoms with van der Waals surface area (Å²) in [5.41, 5.74) is 2.34. The minimum absolute atomic E-state index is 0.114. The highest BCUT2D eigenvalue weighted by Gasteiger charge is 2.23. The third kappa shape index (κ3) is 7.02. The van der Waals surface area contributed by atoms with Crippen LogP contribution in [0.1, 0.15) is 33.0 Å². The van der Waals surface area contributed by atoms with Gasteiger partial charge in [-0.3, -0.25) is 9.59 Å². The van der Waals surface area contributed by atoms with Gasteiger partial charge in [0.05, 0.1) is 13.2 Å². The number of methoxy groups -OCH3 is 1. The molecule has 0 bridgehead atoms. The first-order valence-electron chi connectivity index (χ1n) is 10.8. The Labute approximate surface area is 193 Å². The summed E-state index contributed by atoms with van der Waals surface area (Å²) in [6.45, 7) is 4.75. The number of nitrogens with zero attached hydrogens (tertiary/aromatic N) is 2. The van der Waals surface area contributed by atoms with E-state index in [1.54, 1.807) is 36.3 Å². The van der Waals surface area contributed by atoms with Crippen molar-refractivity contribution in [2.75, 3.05) is 26.8 Å². The predicted molar refractivity (Wildman–Crippen MR) is 123 cm³/mol. The number of ether oxygens (including phenoxy) is 1. The maximum atomic E-state index is 13.4. The second-order valence-corrected chi connectivity index (χ2v) is 7.97. The Morgan fingerprint density at radius 1 is 0.909 bits per heavy atom. The summed E-state index contributed by atoms with van der Waals surface area (Å²) in [5.74, 6) is 0.556. The van der Waals surface area contributed by atoms with Gasteiger partial charge in [0.1, 0.15) is 23.9 Å². The van der Waals surface area contributed by atoms with E-state index in [4.69, 9.17) is 9.15 Å². The monoisotopic (exact) mass is 452 g/mol. The molecule has 0 aliphatic heterocycles. The summed E-state index contributed by atoms with van der Waals surface area (Å²) in [7, 11) is 1.55. The Balaban J connectivity index is 1.80. The molecule has 0 N–H and O–H groups in total. The minimum atomic E-state index is -0.340. The number of amides is 2. The van der Waals surface area contributed by atoms with E-state index in [2.05, 4.69) is 0 Å². The molecular formula is C26H29FN2O4. The van der Waals surface area contributed by atoms with Crippen molar-refractivity contribution >= 4 is 11.8 Å². The maximum absolute atomic E-state index is 13.4. The first-order chi connectivity index (χ1) is 15.9. The molecule has 0 saturated heterocycles. The average Bonchev–Trinajstić information content (AvgIpc) is 3.22. The Kier molecular flexibility index (Phi) is 8.38. The second-order valence-electron chi connectivity index (χ2n) is 7.97. The molecule has 0 spiro atoms. The van der Waals surface area contributed by atoms with E-state index >= 15 is 0 Å². The lowest BCUT2D eigenvalue weighted by molar-refractivity contribution is -0.133. The van der Waals surface area contributed by atoms with E-state index in [1.807, 2.05) is 38.1 Å². The van der Waals surface area contributed by atoms with Crippen molar-refractivity contribution in [1.29, 1.82) is 0 Å². The zero-order valence-corrected chi connectivity index (χ0v) is 19.2. The van der Waals surface area contributed by atoms with Gasteiger partial charge in [0.25, 0.3) is 5.91 Å². The van der Waals surface area contributed by atoms with Crippen LogP contribution in [-0.4, -0.2) is 48.4 Å². The van der Waals surface area contributed by atoms with E-state index in [0.717, 1.165) is 16.9 Å². The van der Waals surface area contributed by atoms with E-state index < -0.39 is 0 Å². The molecule has 0 saturated carbocycles. The van der Waals surface area contributed by atoms with Crippen LogP contribution in [0, 0.1) is 19.7 Å². The number of rotatable bonds is 10. The number of hydrogen-bond acceptors (Lipinski definition) is 4. The molecule has 33 heavy (non-hydrogen) atoms. The molecule has 0 fully saturated rings. The number of aryl methyl sites for hydroxylation is 2. The summed E-state index contributed by atoms with van der Waals surface area (Å²) < 4.78 is 24.2. The van der Waals surface area contributed by atoms with Crippen LogP contribution in [0.5, 0.6) is 0 Å². The normalized spacial score (nSPS) is 10.8. The zero-order valence-electron chi connectivity index (χ0n) is 19.2. The van der Waals surface area contributed by atoms with Gasteiger partial charge < -0.3 is 19.0 Å². The van der Waals surface area contributed by atoms with Crippen molar-refractivity contribution in [1.82, 2.24) is 9.80 Å². The predicted octanol–water partition coefficient (Wildman–Crippen LogP) is 4.35. The summed E-state index contributed by atoms with van der Waals surface area (Å²) in [4.78, 5) is 29.6. The maximum Gasteiger partial charge on any atom is 0.254 e. The van der Waals surface area contributed by atoms with Gasteiger partial charge in [0.2, 0.25) is 5.91 Å². The van der Waals surface area contributed by atoms with Crippen molar-refractivity contribution in [3.8, 4) is 0 Å². The van der Waals surface area contributed by atoms with Gasteiger partial charge in [-0.15, -0.1) is 0 Å². The van der Waals surface area contributed by atoms with Crippen LogP contribution in [0.4, 0.5) is 4.39 Å². The van der Waals surface area contributed by atoms with Crippen molar-refractivity contribution in [3.05, 3.63) is 94.7 Å². The van der Waals surface area contributed by atoms with Crippen LogP contribution in [-0.2, 0) is 22.6 Å². The minimum Gasteiger partial charge on any atom is -0.464 e. The molecule has 1 aromatic heterocycles. The Morgan fingerprint density at radius 2 is 1.61 bits per heavy atom. The molecule has 174 valence electrons. The van der Waals surface area contributed by atoms with Crippen LogP contribution in [0.15, 0.2) is 65.1 Å². The molecule has 3 rings (SSSR count). The Bertz CT molecular complexity index is 1060. The summed E-state index contributed by atoms with van der Waals surface area (Å²) in [6, 6.07) is 16.9. The lowest BCUT2D eigenvalue weighted by Crippen LogP contribution is -2.43. The van der Waals surface area contributed by atoms with Crippen molar-refractivity contribution in [2.24, 2.45) is 0 Å². The third-order valence-electron chi connectivity index (χ3n) is 5.26. The first-order valence-corrected chi connectivity index (χ1v) is 10.8. The molecule has 1 heterocycles. The fourth-order valence-electron chi connectivity index (χ4n) is 3.40. The van der Waals surface area contributed by atoms with E-state index in [9.17, 15) is 14.0 Å². The average molecular weight is 453 g/mol. The topological polar surface area (TPSA) is 63.0 Å². The standard InChI is InChI=1S/C26H29FN2O4/c1-19-4-9-22(10-5-19)26(31)28(14-15-32-3)18-25(30)29(17-24-13-6-20(2)33-24)16-21-7-11-23(27)12-8-21/h4-13H,14-18H2,1-3H3. The molecule has 3 aromatic rings. The fraction of sp³-hybridized carbons (Fsp3) is 0.308. The lowest BCUT2D eigenvalue weighted by atomic mass is 10.1. The Hall–Kier alpha value is -3.45. The number of carbonyl (C=O) groups excluding carboxylic acids is 2. The molecule has 2 amide bonds. The highest BCUT2D eigenvalue weighted by Crippen LogP contribution is 2.15. The van der Waals surface area contributed by atoms with E-state index in [1.165, 1.54) is 17.0 Å². The highest BCUT2D eigenvalue weighted by molar-refractivity contribution is 5.96. The molecule has 0 atom stereocenters. The van der Waals surface area contributed by atoms with Crippen molar-refractivity contribution in [2.45, 2.75) is 26.9 Å². The second kappa shape index (κ2) is 11.4. The van der Waals surface area contributed by atoms with Gasteiger partial charge >= 0.3 is 0 Å². The summed E-state index contributed by atoms with van der Waals surface area (Å²) in [5, 5.41) is 0. The lowest BCUT2D eigenvalue weighted by Gasteiger charge is -2.27. The quantitative estimate of drug-likeness (QED) is 0.459. The van der Waals surface area contributed by atoms with Crippen LogP contribution in [0.2, 0.25) is 0 Å². The van der Waals surface area contributed by atoms with Crippen LogP contribution >= 0.6 is 0 Å². The van der Waals surface area contributed by atoms with E-state index in [0.29, 0.717) is 17.9 Å². The van der Waals surface area contributed by atoms with Gasteiger partial charge in [-0.05, 0) is 55.8 Å². The number of benzene rings is 2. The summed E-state index contributed by atoms with van der Waals surface area (Å²) in [6.07, 6.45) is 0. The van der Waals surface area contributed by atoms with Crippen LogP contribution in [0.25, 0.3) is 0 Å². The number of halogens is 1. The van der Waals surface area contributed by atoms with Gasteiger partial charge in [0.15, 0.2) is 0 Å². The Morgan fingerprint density at radius 3 is 2.21 bits per heavy atom. The molecule has 0 unspecified atom stereocenters. The molecule has 0 aliphatic rings. The van der Waals surface area contributed by atoms with Gasteiger partial charge in [-0.2, -0.15) is 0 Å². The smallest absolute Gasteiger partial charge is 0.254 e. The van der Waals surface area contributed by atoms with Gasteiger partial charge in [-0.25, -0.2) is 4.39 Å². The molecule has 0 radical (unpaired) electrons. The number of hydrogen-bond donors (Lipinski definition) is 0. The van der Waals surface area contributed by atoms with Gasteiger partial charge in [-0.1, -0.05) is 29.8 Å². The molecule has 2 aromatic carbocycles. The summed E-state index contributed by atoms with van der Waals surface area (Å²) >= 11 is 0. The number of carbonyl (C=O) groups is 2. The van der Waals surface area contributed by atoms with Crippen molar-refractivity contribution < 1.29 is 23.1 Å².